The van der Waals surface area contributed by atoms with E-state index in [0.29, 0.717) is 30.0 Å². The van der Waals surface area contributed by atoms with Crippen molar-refractivity contribution in [2.45, 2.75) is 57.9 Å². The van der Waals surface area contributed by atoms with E-state index in [2.05, 4.69) is 10.5 Å². The zero-order chi connectivity index (χ0) is 13.9. The molecule has 2 rings (SSSR count). The number of halogens is 1. The average Bonchev–Trinajstić information content (AvgIpc) is 2.78. The van der Waals surface area contributed by atoms with Crippen molar-refractivity contribution in [3.63, 3.8) is 0 Å². The zero-order valence-electron chi connectivity index (χ0n) is 12.2. The summed E-state index contributed by atoms with van der Waals surface area (Å²) in [4.78, 5) is 12.2. The van der Waals surface area contributed by atoms with Crippen LogP contribution in [0, 0.1) is 6.92 Å². The second-order valence-corrected chi connectivity index (χ2v) is 5.53. The molecule has 1 fully saturated rings. The van der Waals surface area contributed by atoms with Gasteiger partial charge in [0, 0.05) is 18.5 Å². The molecule has 1 aliphatic carbocycles. The molecule has 3 N–H and O–H groups in total. The maximum Gasteiger partial charge on any atom is 0.256 e. The minimum Gasteiger partial charge on any atom is -0.360 e. The molecule has 1 aromatic rings. The highest BCUT2D eigenvalue weighted by Gasteiger charge is 2.29. The Bertz CT molecular complexity index is 453. The molecular weight excluding hydrogens is 278 g/mol. The molecule has 6 heteroatoms. The van der Waals surface area contributed by atoms with Gasteiger partial charge in [0.2, 0.25) is 0 Å². The number of hydrogen-bond donors (Lipinski definition) is 2. The molecule has 1 amide bonds. The molecule has 0 atom stereocenters. The Morgan fingerprint density at radius 3 is 2.65 bits per heavy atom. The van der Waals surface area contributed by atoms with Crippen LogP contribution in [0.25, 0.3) is 0 Å². The summed E-state index contributed by atoms with van der Waals surface area (Å²) in [7, 11) is 0. The molecule has 0 unspecified atom stereocenters. The number of nitrogens with two attached hydrogens (primary N) is 1. The number of nitrogens with one attached hydrogen (secondary N) is 1. The van der Waals surface area contributed by atoms with Crippen LogP contribution in [0.4, 0.5) is 0 Å². The van der Waals surface area contributed by atoms with E-state index in [1.807, 2.05) is 6.92 Å². The average molecular weight is 302 g/mol. The third-order valence-electron chi connectivity index (χ3n) is 3.93. The van der Waals surface area contributed by atoms with Crippen molar-refractivity contribution in [3.8, 4) is 0 Å². The first-order chi connectivity index (χ1) is 9.06. The largest absolute Gasteiger partial charge is 0.360 e. The van der Waals surface area contributed by atoms with Crippen LogP contribution in [0.5, 0.6) is 0 Å². The summed E-state index contributed by atoms with van der Waals surface area (Å²) in [5.74, 6) is 0.524. The zero-order valence-corrected chi connectivity index (χ0v) is 13.0. The number of rotatable bonds is 4. The van der Waals surface area contributed by atoms with Gasteiger partial charge in [-0.3, -0.25) is 4.79 Å². The topological polar surface area (TPSA) is 81.2 Å². The van der Waals surface area contributed by atoms with Gasteiger partial charge in [-0.15, -0.1) is 12.4 Å². The lowest BCUT2D eigenvalue weighted by atomic mass is 9.82. The summed E-state index contributed by atoms with van der Waals surface area (Å²) in [6.07, 6.45) is 6.18. The van der Waals surface area contributed by atoms with E-state index in [1.165, 1.54) is 6.42 Å². The summed E-state index contributed by atoms with van der Waals surface area (Å²) in [6, 6.07) is 0. The predicted octanol–water partition coefficient (Wildman–Crippen LogP) is 2.36. The standard InChI is InChI=1S/C14H23N3O2.ClH/c1-3-11-12(10(2)17-19-11)13(18)16-9-14(15)7-5-4-6-8-14;/h3-9,15H2,1-2H3,(H,16,18);1H. The molecule has 0 saturated heterocycles. The first-order valence-corrected chi connectivity index (χ1v) is 7.08. The van der Waals surface area contributed by atoms with Crippen LogP contribution < -0.4 is 11.1 Å². The van der Waals surface area contributed by atoms with Gasteiger partial charge >= 0.3 is 0 Å². The highest BCUT2D eigenvalue weighted by atomic mass is 35.5. The maximum absolute atomic E-state index is 12.2. The van der Waals surface area contributed by atoms with Crippen molar-refractivity contribution >= 4 is 18.3 Å². The van der Waals surface area contributed by atoms with Crippen molar-refractivity contribution in [2.24, 2.45) is 5.73 Å². The first-order valence-electron chi connectivity index (χ1n) is 7.08. The molecule has 0 aromatic carbocycles. The van der Waals surface area contributed by atoms with Crippen molar-refractivity contribution in [1.29, 1.82) is 0 Å². The third-order valence-corrected chi connectivity index (χ3v) is 3.93. The fraction of sp³-hybridized carbons (Fsp3) is 0.714. The van der Waals surface area contributed by atoms with Crippen molar-refractivity contribution in [2.75, 3.05) is 6.54 Å². The highest BCUT2D eigenvalue weighted by Crippen LogP contribution is 2.25. The summed E-state index contributed by atoms with van der Waals surface area (Å²) in [5, 5.41) is 6.80. The fourth-order valence-corrected chi connectivity index (χ4v) is 2.73. The molecular formula is C14H24ClN3O2. The van der Waals surface area contributed by atoms with Crippen LogP contribution >= 0.6 is 12.4 Å². The molecule has 114 valence electrons. The van der Waals surface area contributed by atoms with Crippen LogP contribution in [-0.2, 0) is 6.42 Å². The van der Waals surface area contributed by atoms with Gasteiger partial charge in [-0.1, -0.05) is 31.3 Å². The molecule has 0 bridgehead atoms. The SMILES string of the molecule is CCc1onc(C)c1C(=O)NCC1(N)CCCCC1.Cl. The number of carbonyl (C=O) groups excluding carboxylic acids is 1. The summed E-state index contributed by atoms with van der Waals surface area (Å²) >= 11 is 0. The summed E-state index contributed by atoms with van der Waals surface area (Å²) in [6.45, 7) is 4.26. The Balaban J connectivity index is 0.00000200. The molecule has 0 aliphatic heterocycles. The van der Waals surface area contributed by atoms with E-state index in [9.17, 15) is 4.79 Å². The Kier molecular flexibility index (Phi) is 6.02. The van der Waals surface area contributed by atoms with Crippen LogP contribution in [0.15, 0.2) is 4.52 Å². The molecule has 1 saturated carbocycles. The van der Waals surface area contributed by atoms with Gasteiger partial charge in [0.15, 0.2) is 0 Å². The second-order valence-electron chi connectivity index (χ2n) is 5.53. The second kappa shape index (κ2) is 7.09. The van der Waals surface area contributed by atoms with E-state index < -0.39 is 0 Å². The Hall–Kier alpha value is -1.07. The number of amides is 1. The maximum atomic E-state index is 12.2. The quantitative estimate of drug-likeness (QED) is 0.894. The summed E-state index contributed by atoms with van der Waals surface area (Å²) < 4.78 is 5.14. The minimum atomic E-state index is -0.245. The number of aromatic nitrogens is 1. The van der Waals surface area contributed by atoms with Crippen LogP contribution in [-0.4, -0.2) is 23.1 Å². The number of nitrogens with zero attached hydrogens (tertiary/aromatic N) is 1. The molecule has 1 aromatic heterocycles. The lowest BCUT2D eigenvalue weighted by Crippen LogP contribution is -2.51. The van der Waals surface area contributed by atoms with E-state index >= 15 is 0 Å². The van der Waals surface area contributed by atoms with Gasteiger partial charge in [-0.25, -0.2) is 0 Å². The predicted molar refractivity (Wildman–Crippen MR) is 80.2 cm³/mol. The molecule has 1 aliphatic rings. The van der Waals surface area contributed by atoms with E-state index in [1.54, 1.807) is 6.92 Å². The Labute approximate surface area is 126 Å². The van der Waals surface area contributed by atoms with E-state index in [0.717, 1.165) is 25.7 Å². The highest BCUT2D eigenvalue weighted by molar-refractivity contribution is 5.96. The van der Waals surface area contributed by atoms with E-state index in [-0.39, 0.29) is 23.9 Å². The monoisotopic (exact) mass is 301 g/mol. The number of carbonyl (C=O) groups is 1. The third kappa shape index (κ3) is 3.73. The summed E-state index contributed by atoms with van der Waals surface area (Å²) in [5.41, 5.74) is 7.28. The Morgan fingerprint density at radius 2 is 2.05 bits per heavy atom. The lowest BCUT2D eigenvalue weighted by Gasteiger charge is -2.33. The van der Waals surface area contributed by atoms with E-state index in [4.69, 9.17) is 10.3 Å². The normalized spacial score (nSPS) is 17.4. The van der Waals surface area contributed by atoms with Gasteiger partial charge in [0.05, 0.1) is 5.69 Å². The van der Waals surface area contributed by atoms with Gasteiger partial charge in [-0.2, -0.15) is 0 Å². The minimum absolute atomic E-state index is 0. The molecule has 0 radical (unpaired) electrons. The molecule has 5 nitrogen and oxygen atoms in total. The number of aryl methyl sites for hydroxylation is 2. The van der Waals surface area contributed by atoms with Gasteiger partial charge < -0.3 is 15.6 Å². The fourth-order valence-electron chi connectivity index (χ4n) is 2.73. The van der Waals surface area contributed by atoms with Crippen LogP contribution in [0.1, 0.15) is 60.8 Å². The van der Waals surface area contributed by atoms with Crippen molar-refractivity contribution in [1.82, 2.24) is 10.5 Å². The molecule has 0 spiro atoms. The number of hydrogen-bond acceptors (Lipinski definition) is 4. The van der Waals surface area contributed by atoms with Crippen molar-refractivity contribution in [3.05, 3.63) is 17.0 Å². The molecule has 20 heavy (non-hydrogen) atoms. The van der Waals surface area contributed by atoms with Crippen LogP contribution in [0.3, 0.4) is 0 Å². The lowest BCUT2D eigenvalue weighted by molar-refractivity contribution is 0.0935. The van der Waals surface area contributed by atoms with Crippen LogP contribution in [0.2, 0.25) is 0 Å². The van der Waals surface area contributed by atoms with Gasteiger partial charge in [0.25, 0.3) is 5.91 Å². The smallest absolute Gasteiger partial charge is 0.256 e. The van der Waals surface area contributed by atoms with Crippen molar-refractivity contribution < 1.29 is 9.32 Å². The van der Waals surface area contributed by atoms with Gasteiger partial charge in [-0.05, 0) is 19.8 Å². The molecule has 1 heterocycles. The van der Waals surface area contributed by atoms with Gasteiger partial charge in [0.1, 0.15) is 11.3 Å². The first kappa shape index (κ1) is 17.0. The Morgan fingerprint density at radius 1 is 1.40 bits per heavy atom.